The number of likely N-dealkylation sites (N-methyl/N-ethyl adjacent to an activating group) is 1. The molecule has 0 spiro atoms. The van der Waals surface area contributed by atoms with Gasteiger partial charge in [-0.05, 0) is 50.2 Å². The molecule has 1 saturated heterocycles. The van der Waals surface area contributed by atoms with E-state index >= 15 is 0 Å². The van der Waals surface area contributed by atoms with Crippen LogP contribution in [-0.2, 0) is 0 Å². The number of rotatable bonds is 7. The number of fused-ring (bicyclic) bond motifs is 1. The van der Waals surface area contributed by atoms with Crippen molar-refractivity contribution in [1.29, 1.82) is 0 Å². The van der Waals surface area contributed by atoms with Crippen molar-refractivity contribution in [3.05, 3.63) is 36.5 Å². The Morgan fingerprint density at radius 3 is 2.76 bits per heavy atom. The molecular formula is C21H22F5N5O2. The third-order valence-corrected chi connectivity index (χ3v) is 5.41. The number of aromatic nitrogens is 3. The second-order valence-electron chi connectivity index (χ2n) is 7.60. The number of halogens is 5. The average Bonchev–Trinajstić information content (AvgIpc) is 3.24. The van der Waals surface area contributed by atoms with Crippen molar-refractivity contribution >= 4 is 11.5 Å². The molecule has 1 aliphatic rings. The Bertz CT molecular complexity index is 1100. The molecule has 1 aliphatic heterocycles. The molecule has 0 radical (unpaired) electrons. The van der Waals surface area contributed by atoms with Crippen molar-refractivity contribution in [3.8, 4) is 22.8 Å². The van der Waals surface area contributed by atoms with Crippen LogP contribution in [0, 0.1) is 0 Å². The Morgan fingerprint density at radius 1 is 1.21 bits per heavy atom. The zero-order chi connectivity index (χ0) is 23.6. The maximum Gasteiger partial charge on any atom is 0.573 e. The number of alkyl halides is 5. The van der Waals surface area contributed by atoms with E-state index in [9.17, 15) is 22.0 Å². The second kappa shape index (κ2) is 9.38. The molecule has 33 heavy (non-hydrogen) atoms. The summed E-state index contributed by atoms with van der Waals surface area (Å²) in [5.41, 5.74) is 0.518. The number of ether oxygens (including phenoxy) is 2. The highest BCUT2D eigenvalue weighted by Crippen LogP contribution is 2.38. The largest absolute Gasteiger partial charge is 0.573 e. The Hall–Kier alpha value is -3.15. The van der Waals surface area contributed by atoms with Crippen LogP contribution < -0.4 is 14.8 Å². The zero-order valence-electron chi connectivity index (χ0n) is 17.6. The number of piperidine rings is 1. The molecule has 4 rings (SSSR count). The highest BCUT2D eigenvalue weighted by Gasteiger charge is 2.33. The predicted molar refractivity (Wildman–Crippen MR) is 110 cm³/mol. The first kappa shape index (κ1) is 23.0. The Balaban J connectivity index is 1.70. The van der Waals surface area contributed by atoms with Crippen LogP contribution in [-0.4, -0.2) is 58.1 Å². The quantitative estimate of drug-likeness (QED) is 0.500. The number of nitrogens with zero attached hydrogens (tertiary/aromatic N) is 4. The van der Waals surface area contributed by atoms with Gasteiger partial charge < -0.3 is 19.7 Å². The fourth-order valence-corrected chi connectivity index (χ4v) is 3.97. The van der Waals surface area contributed by atoms with E-state index in [1.807, 2.05) is 0 Å². The maximum atomic E-state index is 13.0. The number of anilines is 1. The number of hydrogen-bond donors (Lipinski definition) is 1. The summed E-state index contributed by atoms with van der Waals surface area (Å²) in [5.74, 6) is -0.731. The summed E-state index contributed by atoms with van der Waals surface area (Å²) in [5, 5.41) is 11.7. The van der Waals surface area contributed by atoms with Gasteiger partial charge in [0.15, 0.2) is 0 Å². The lowest BCUT2D eigenvalue weighted by Gasteiger charge is -2.32. The first-order valence-electron chi connectivity index (χ1n) is 10.4. The van der Waals surface area contributed by atoms with Crippen LogP contribution in [0.2, 0.25) is 0 Å². The number of likely N-dealkylation sites (tertiary alicyclic amines) is 1. The Morgan fingerprint density at radius 2 is 2.03 bits per heavy atom. The normalized spacial score (nSPS) is 17.5. The Kier molecular flexibility index (Phi) is 6.54. The van der Waals surface area contributed by atoms with Gasteiger partial charge in [0, 0.05) is 30.4 Å². The van der Waals surface area contributed by atoms with Gasteiger partial charge in [0.1, 0.15) is 17.2 Å². The van der Waals surface area contributed by atoms with Gasteiger partial charge in [0.25, 0.3) is 0 Å². The predicted octanol–water partition coefficient (Wildman–Crippen LogP) is 4.79. The lowest BCUT2D eigenvalue weighted by Crippen LogP contribution is -2.42. The molecule has 3 aromatic rings. The summed E-state index contributed by atoms with van der Waals surface area (Å²) < 4.78 is 74.1. The van der Waals surface area contributed by atoms with Crippen molar-refractivity contribution in [3.63, 3.8) is 0 Å². The van der Waals surface area contributed by atoms with Gasteiger partial charge in [-0.1, -0.05) is 6.92 Å². The fraction of sp³-hybridized carbons (Fsp3) is 0.429. The molecule has 178 valence electrons. The molecule has 0 aliphatic carbocycles. The smallest absolute Gasteiger partial charge is 0.435 e. The summed E-state index contributed by atoms with van der Waals surface area (Å²) in [6.45, 7) is 1.72. The van der Waals surface area contributed by atoms with E-state index in [4.69, 9.17) is 0 Å². The molecule has 1 aromatic carbocycles. The van der Waals surface area contributed by atoms with Gasteiger partial charge in [-0.15, -0.1) is 23.4 Å². The molecule has 0 saturated carbocycles. The molecule has 1 atom stereocenters. The Labute approximate surface area is 186 Å². The number of nitrogens with one attached hydrogen (secondary N) is 1. The van der Waals surface area contributed by atoms with Gasteiger partial charge in [0.2, 0.25) is 5.95 Å². The highest BCUT2D eigenvalue weighted by molar-refractivity contribution is 5.81. The van der Waals surface area contributed by atoms with Crippen LogP contribution in [0.4, 0.5) is 27.9 Å². The lowest BCUT2D eigenvalue weighted by molar-refractivity contribution is -0.274. The van der Waals surface area contributed by atoms with Gasteiger partial charge in [-0.25, -0.2) is 0 Å². The summed E-state index contributed by atoms with van der Waals surface area (Å²) in [6, 6.07) is 6.60. The van der Waals surface area contributed by atoms with Crippen LogP contribution in [0.15, 0.2) is 36.5 Å². The van der Waals surface area contributed by atoms with Crippen LogP contribution in [0.3, 0.4) is 0 Å². The standard InChI is InChI=1S/C21H22F5N5O2/c1-2-30-9-3-5-13(12-30)27-20-29-28-18(16-6-4-10-31(16)20)15-8-7-14(32-19(22)23)11-17(15)33-21(24,25)26/h4,6-8,10-11,13,19H,2-3,5,9,12H2,1H3,(H,27,29). The summed E-state index contributed by atoms with van der Waals surface area (Å²) in [4.78, 5) is 2.32. The van der Waals surface area contributed by atoms with E-state index in [0.717, 1.165) is 44.6 Å². The molecule has 0 amide bonds. The third-order valence-electron chi connectivity index (χ3n) is 5.41. The lowest BCUT2D eigenvalue weighted by atomic mass is 10.1. The van der Waals surface area contributed by atoms with Crippen molar-refractivity contribution in [2.24, 2.45) is 0 Å². The first-order valence-corrected chi connectivity index (χ1v) is 10.4. The van der Waals surface area contributed by atoms with Crippen molar-refractivity contribution in [2.45, 2.75) is 38.8 Å². The van der Waals surface area contributed by atoms with Gasteiger partial charge in [-0.3, -0.25) is 4.40 Å². The zero-order valence-corrected chi connectivity index (χ0v) is 17.6. The topological polar surface area (TPSA) is 63.9 Å². The SMILES string of the molecule is CCN1CCCC(Nc2nnc(-c3ccc(OC(F)F)cc3OC(F)(F)F)c3cccn23)C1. The van der Waals surface area contributed by atoms with Crippen molar-refractivity contribution in [1.82, 2.24) is 19.5 Å². The summed E-state index contributed by atoms with van der Waals surface area (Å²) >= 11 is 0. The van der Waals surface area contributed by atoms with E-state index in [1.54, 1.807) is 22.7 Å². The van der Waals surface area contributed by atoms with E-state index in [2.05, 4.69) is 36.8 Å². The van der Waals surface area contributed by atoms with Gasteiger partial charge in [-0.2, -0.15) is 8.78 Å². The monoisotopic (exact) mass is 471 g/mol. The maximum absolute atomic E-state index is 13.0. The molecule has 1 unspecified atom stereocenters. The van der Waals surface area contributed by atoms with Crippen LogP contribution in [0.5, 0.6) is 11.5 Å². The van der Waals surface area contributed by atoms with Crippen molar-refractivity contribution < 1.29 is 31.4 Å². The minimum Gasteiger partial charge on any atom is -0.435 e. The van der Waals surface area contributed by atoms with E-state index < -0.39 is 24.5 Å². The molecule has 3 heterocycles. The van der Waals surface area contributed by atoms with Crippen LogP contribution in [0.25, 0.3) is 16.8 Å². The fourth-order valence-electron chi connectivity index (χ4n) is 3.97. The van der Waals surface area contributed by atoms with Crippen LogP contribution >= 0.6 is 0 Å². The van der Waals surface area contributed by atoms with Crippen LogP contribution in [0.1, 0.15) is 19.8 Å². The van der Waals surface area contributed by atoms with E-state index in [1.165, 1.54) is 6.07 Å². The van der Waals surface area contributed by atoms with Crippen molar-refractivity contribution in [2.75, 3.05) is 25.0 Å². The highest BCUT2D eigenvalue weighted by atomic mass is 19.4. The molecule has 2 aromatic heterocycles. The van der Waals surface area contributed by atoms with Gasteiger partial charge >= 0.3 is 13.0 Å². The molecule has 7 nitrogen and oxygen atoms in total. The minimum atomic E-state index is -5.04. The molecule has 0 bridgehead atoms. The average molecular weight is 471 g/mol. The molecule has 1 N–H and O–H groups in total. The summed E-state index contributed by atoms with van der Waals surface area (Å²) in [6.07, 6.45) is -1.33. The van der Waals surface area contributed by atoms with E-state index in [0.29, 0.717) is 11.5 Å². The first-order chi connectivity index (χ1) is 15.7. The van der Waals surface area contributed by atoms with E-state index in [-0.39, 0.29) is 17.3 Å². The third kappa shape index (κ3) is 5.44. The summed E-state index contributed by atoms with van der Waals surface area (Å²) in [7, 11) is 0. The number of hydrogen-bond acceptors (Lipinski definition) is 6. The second-order valence-corrected chi connectivity index (χ2v) is 7.60. The number of benzene rings is 1. The molecular weight excluding hydrogens is 449 g/mol. The van der Waals surface area contributed by atoms with Gasteiger partial charge in [0.05, 0.1) is 5.52 Å². The molecule has 1 fully saturated rings. The molecule has 12 heteroatoms. The minimum absolute atomic E-state index is 0.0634.